The molecule has 0 fully saturated rings. The Morgan fingerprint density at radius 1 is 1.00 bits per heavy atom. The van der Waals surface area contributed by atoms with Crippen molar-refractivity contribution in [3.05, 3.63) is 45.9 Å². The fraction of sp³-hybridized carbons (Fsp3) is 0.250. The first kappa shape index (κ1) is 20.6. The summed E-state index contributed by atoms with van der Waals surface area (Å²) in [5.74, 6) is 1.45. The number of nitrogen functional groups attached to an aromatic ring is 1. The molecule has 2 rings (SSSR count). The molecule has 0 unspecified atom stereocenters. The highest BCUT2D eigenvalue weighted by molar-refractivity contribution is 9.12. The van der Waals surface area contributed by atoms with E-state index in [-0.39, 0.29) is 5.78 Å². The van der Waals surface area contributed by atoms with Crippen molar-refractivity contribution >= 4 is 39.2 Å². The third-order valence-corrected chi connectivity index (χ3v) is 4.60. The summed E-state index contributed by atoms with van der Waals surface area (Å²) in [6.45, 7) is 0. The van der Waals surface area contributed by atoms with E-state index in [2.05, 4.69) is 15.9 Å². The Balaban J connectivity index is 2.42. The van der Waals surface area contributed by atoms with Crippen molar-refractivity contribution in [1.29, 1.82) is 0 Å². The van der Waals surface area contributed by atoms with E-state index < -0.39 is 0 Å². The molecule has 0 aromatic heterocycles. The quantitative estimate of drug-likeness (QED) is 0.403. The molecule has 0 saturated heterocycles. The van der Waals surface area contributed by atoms with Gasteiger partial charge in [-0.3, -0.25) is 4.79 Å². The first-order valence-electron chi connectivity index (χ1n) is 8.11. The maximum atomic E-state index is 12.8. The van der Waals surface area contributed by atoms with Gasteiger partial charge in [0.25, 0.3) is 0 Å². The van der Waals surface area contributed by atoms with Crippen LogP contribution in [0.5, 0.6) is 17.2 Å². The molecular weight excluding hydrogens is 412 g/mol. The van der Waals surface area contributed by atoms with Gasteiger partial charge in [0.15, 0.2) is 17.3 Å². The molecule has 2 aromatic carbocycles. The summed E-state index contributed by atoms with van der Waals surface area (Å²) in [5.41, 5.74) is 8.60. The minimum Gasteiger partial charge on any atom is -0.496 e. The van der Waals surface area contributed by atoms with Gasteiger partial charge in [0, 0.05) is 31.3 Å². The zero-order valence-electron chi connectivity index (χ0n) is 16.0. The number of anilines is 2. The fourth-order valence-electron chi connectivity index (χ4n) is 2.61. The van der Waals surface area contributed by atoms with Crippen LogP contribution in [0.15, 0.2) is 34.8 Å². The van der Waals surface area contributed by atoms with Crippen LogP contribution in [0.3, 0.4) is 0 Å². The van der Waals surface area contributed by atoms with Crippen LogP contribution in [0.2, 0.25) is 0 Å². The minimum atomic E-state index is -0.191. The first-order valence-corrected chi connectivity index (χ1v) is 8.90. The van der Waals surface area contributed by atoms with Gasteiger partial charge in [0.2, 0.25) is 0 Å². The van der Waals surface area contributed by atoms with Gasteiger partial charge in [-0.2, -0.15) is 0 Å². The number of ether oxygens (including phenoxy) is 3. The molecule has 0 heterocycles. The van der Waals surface area contributed by atoms with E-state index in [0.717, 1.165) is 5.69 Å². The van der Waals surface area contributed by atoms with E-state index in [1.807, 2.05) is 25.1 Å². The lowest BCUT2D eigenvalue weighted by molar-refractivity contribution is 0.104. The SMILES string of the molecule is COc1cc(OC)c(OC)cc1C=C(Br)C(=O)c1ccc(N(C)C)c(N)c1. The number of hydrogen-bond acceptors (Lipinski definition) is 6. The molecular formula is C20H23BrN2O4. The van der Waals surface area contributed by atoms with E-state index >= 15 is 0 Å². The maximum Gasteiger partial charge on any atom is 0.200 e. The van der Waals surface area contributed by atoms with Gasteiger partial charge in [0.1, 0.15) is 5.75 Å². The van der Waals surface area contributed by atoms with Crippen LogP contribution in [-0.2, 0) is 0 Å². The average molecular weight is 435 g/mol. The molecule has 144 valence electrons. The summed E-state index contributed by atoms with van der Waals surface area (Å²) < 4.78 is 16.4. The average Bonchev–Trinajstić information content (AvgIpc) is 2.66. The number of carbonyl (C=O) groups excluding carboxylic acids is 1. The summed E-state index contributed by atoms with van der Waals surface area (Å²) in [5, 5.41) is 0. The lowest BCUT2D eigenvalue weighted by Gasteiger charge is -2.15. The Labute approximate surface area is 167 Å². The normalized spacial score (nSPS) is 11.1. The number of rotatable bonds is 7. The monoisotopic (exact) mass is 434 g/mol. The minimum absolute atomic E-state index is 0.191. The van der Waals surface area contributed by atoms with Gasteiger partial charge >= 0.3 is 0 Å². The number of Topliss-reactive ketones (excluding diaryl/α,β-unsaturated/α-hetero) is 1. The number of methoxy groups -OCH3 is 3. The molecule has 27 heavy (non-hydrogen) atoms. The van der Waals surface area contributed by atoms with Crippen molar-refractivity contribution in [2.24, 2.45) is 0 Å². The van der Waals surface area contributed by atoms with Gasteiger partial charge in [-0.25, -0.2) is 0 Å². The number of nitrogens with two attached hydrogens (primary N) is 1. The molecule has 0 bridgehead atoms. The van der Waals surface area contributed by atoms with Crippen molar-refractivity contribution < 1.29 is 19.0 Å². The predicted octanol–water partition coefficient (Wildman–Crippen LogP) is 3.98. The van der Waals surface area contributed by atoms with Crippen LogP contribution in [-0.4, -0.2) is 41.2 Å². The molecule has 2 aromatic rings. The van der Waals surface area contributed by atoms with Crippen molar-refractivity contribution in [3.63, 3.8) is 0 Å². The van der Waals surface area contributed by atoms with Crippen molar-refractivity contribution in [2.75, 3.05) is 46.1 Å². The van der Waals surface area contributed by atoms with Crippen molar-refractivity contribution in [1.82, 2.24) is 0 Å². The molecule has 0 aliphatic carbocycles. The Hall–Kier alpha value is -2.67. The molecule has 0 aliphatic heterocycles. The maximum absolute atomic E-state index is 12.8. The zero-order chi connectivity index (χ0) is 20.1. The Kier molecular flexibility index (Phi) is 6.74. The van der Waals surface area contributed by atoms with Gasteiger partial charge in [-0.05, 0) is 46.3 Å². The second kappa shape index (κ2) is 8.81. The second-order valence-electron chi connectivity index (χ2n) is 5.94. The molecule has 0 atom stereocenters. The van der Waals surface area contributed by atoms with E-state index in [1.54, 1.807) is 51.7 Å². The summed E-state index contributed by atoms with van der Waals surface area (Å²) in [6, 6.07) is 8.68. The van der Waals surface area contributed by atoms with E-state index in [0.29, 0.717) is 38.5 Å². The fourth-order valence-corrected chi connectivity index (χ4v) is 3.08. The van der Waals surface area contributed by atoms with Gasteiger partial charge in [-0.1, -0.05) is 0 Å². The molecule has 0 radical (unpaired) electrons. The topological polar surface area (TPSA) is 74.0 Å². The Bertz CT molecular complexity index is 879. The molecule has 0 amide bonds. The summed E-state index contributed by atoms with van der Waals surface area (Å²) in [6.07, 6.45) is 1.68. The predicted molar refractivity (Wildman–Crippen MR) is 113 cm³/mol. The van der Waals surface area contributed by atoms with Gasteiger partial charge in [0.05, 0.1) is 37.2 Å². The highest BCUT2D eigenvalue weighted by Crippen LogP contribution is 2.36. The summed E-state index contributed by atoms with van der Waals surface area (Å²) >= 11 is 3.37. The standard InChI is InChI=1S/C20H23BrN2O4/c1-23(2)16-7-6-12(9-15(16)22)20(24)14(21)8-13-10-18(26-4)19(27-5)11-17(13)25-3/h6-11H,22H2,1-5H3. The van der Waals surface area contributed by atoms with Gasteiger partial charge < -0.3 is 24.8 Å². The number of allylic oxidation sites excluding steroid dienone is 1. The van der Waals surface area contributed by atoms with Crippen LogP contribution in [0, 0.1) is 0 Å². The van der Waals surface area contributed by atoms with Crippen LogP contribution in [0.4, 0.5) is 11.4 Å². The molecule has 0 spiro atoms. The van der Waals surface area contributed by atoms with Crippen LogP contribution in [0.1, 0.15) is 15.9 Å². The Morgan fingerprint density at radius 2 is 1.59 bits per heavy atom. The number of ketones is 1. The smallest absolute Gasteiger partial charge is 0.200 e. The lowest BCUT2D eigenvalue weighted by Crippen LogP contribution is -2.12. The highest BCUT2D eigenvalue weighted by atomic mass is 79.9. The number of hydrogen-bond donors (Lipinski definition) is 1. The molecule has 7 heteroatoms. The van der Waals surface area contributed by atoms with E-state index in [1.165, 1.54) is 0 Å². The number of benzene rings is 2. The second-order valence-corrected chi connectivity index (χ2v) is 6.79. The van der Waals surface area contributed by atoms with Crippen molar-refractivity contribution in [3.8, 4) is 17.2 Å². The zero-order valence-corrected chi connectivity index (χ0v) is 17.6. The highest BCUT2D eigenvalue weighted by Gasteiger charge is 2.15. The molecule has 6 nitrogen and oxygen atoms in total. The number of carbonyl (C=O) groups is 1. The summed E-state index contributed by atoms with van der Waals surface area (Å²) in [4.78, 5) is 14.7. The van der Waals surface area contributed by atoms with Crippen LogP contribution in [0.25, 0.3) is 6.08 Å². The number of halogens is 1. The van der Waals surface area contributed by atoms with Crippen molar-refractivity contribution in [2.45, 2.75) is 0 Å². The molecule has 0 saturated carbocycles. The number of nitrogens with zero attached hydrogens (tertiary/aromatic N) is 1. The summed E-state index contributed by atoms with van der Waals surface area (Å²) in [7, 11) is 8.44. The molecule has 0 aliphatic rings. The van der Waals surface area contributed by atoms with Crippen LogP contribution < -0.4 is 24.8 Å². The lowest BCUT2D eigenvalue weighted by atomic mass is 10.1. The third-order valence-electron chi connectivity index (χ3n) is 4.01. The third kappa shape index (κ3) is 4.54. The Morgan fingerprint density at radius 3 is 2.11 bits per heavy atom. The van der Waals surface area contributed by atoms with E-state index in [4.69, 9.17) is 19.9 Å². The van der Waals surface area contributed by atoms with E-state index in [9.17, 15) is 4.79 Å². The van der Waals surface area contributed by atoms with Crippen LogP contribution >= 0.6 is 15.9 Å². The first-order chi connectivity index (χ1) is 12.8. The van der Waals surface area contributed by atoms with Gasteiger partial charge in [-0.15, -0.1) is 0 Å². The largest absolute Gasteiger partial charge is 0.496 e. The molecule has 2 N–H and O–H groups in total.